The van der Waals surface area contributed by atoms with Crippen molar-refractivity contribution < 1.29 is 9.84 Å². The van der Waals surface area contributed by atoms with Gasteiger partial charge < -0.3 is 15.6 Å². The predicted octanol–water partition coefficient (Wildman–Crippen LogP) is 2.76. The van der Waals surface area contributed by atoms with Crippen molar-refractivity contribution in [2.45, 2.75) is 39.0 Å². The second-order valence-corrected chi connectivity index (χ2v) is 5.04. The molecule has 0 spiro atoms. The zero-order chi connectivity index (χ0) is 13.9. The van der Waals surface area contributed by atoms with Crippen LogP contribution < -0.4 is 10.5 Å². The van der Waals surface area contributed by atoms with Gasteiger partial charge >= 0.3 is 0 Å². The van der Waals surface area contributed by atoms with Crippen LogP contribution in [0.25, 0.3) is 0 Å². The monoisotopic (exact) mass is 265 g/mol. The van der Waals surface area contributed by atoms with Crippen LogP contribution in [0.4, 0.5) is 0 Å². The zero-order valence-corrected chi connectivity index (χ0v) is 12.0. The van der Waals surface area contributed by atoms with Crippen molar-refractivity contribution in [3.63, 3.8) is 0 Å². The maximum atomic E-state index is 9.12. The average Bonchev–Trinajstić information content (AvgIpc) is 2.46. The molecule has 0 aromatic heterocycles. The van der Waals surface area contributed by atoms with Crippen molar-refractivity contribution in [1.29, 1.82) is 0 Å². The molecule has 3 nitrogen and oxygen atoms in total. The molecule has 0 aliphatic heterocycles. The summed E-state index contributed by atoms with van der Waals surface area (Å²) in [6, 6.07) is 8.11. The Kier molecular flexibility index (Phi) is 8.26. The van der Waals surface area contributed by atoms with E-state index < -0.39 is 0 Å². The normalized spacial score (nSPS) is 12.4. The summed E-state index contributed by atoms with van der Waals surface area (Å²) >= 11 is 0. The fourth-order valence-corrected chi connectivity index (χ4v) is 2.00. The molecule has 1 unspecified atom stereocenters. The molecule has 0 aliphatic carbocycles. The Bertz CT molecular complexity index is 320. The summed E-state index contributed by atoms with van der Waals surface area (Å²) in [7, 11) is 0. The van der Waals surface area contributed by atoms with Crippen molar-refractivity contribution in [2.75, 3.05) is 19.8 Å². The highest BCUT2D eigenvalue weighted by molar-refractivity contribution is 5.27. The number of nitrogens with two attached hydrogens (primary N) is 1. The minimum Gasteiger partial charge on any atom is -0.494 e. The van der Waals surface area contributed by atoms with Crippen LogP contribution in [0.15, 0.2) is 24.3 Å². The van der Waals surface area contributed by atoms with Crippen LogP contribution in [0.2, 0.25) is 0 Å². The Morgan fingerprint density at radius 2 is 1.89 bits per heavy atom. The van der Waals surface area contributed by atoms with Crippen LogP contribution in [0.5, 0.6) is 5.75 Å². The molecule has 1 aromatic rings. The lowest BCUT2D eigenvalue weighted by atomic mass is 10.0. The molecule has 0 heterocycles. The molecule has 0 saturated carbocycles. The quantitative estimate of drug-likeness (QED) is 0.640. The van der Waals surface area contributed by atoms with Gasteiger partial charge in [0.15, 0.2) is 0 Å². The molecule has 0 aliphatic rings. The minimum absolute atomic E-state index is 0.145. The number of rotatable bonds is 10. The van der Waals surface area contributed by atoms with Crippen molar-refractivity contribution in [3.05, 3.63) is 29.8 Å². The van der Waals surface area contributed by atoms with Crippen molar-refractivity contribution >= 4 is 0 Å². The van der Waals surface area contributed by atoms with E-state index in [0.717, 1.165) is 25.2 Å². The van der Waals surface area contributed by atoms with Gasteiger partial charge in [0.05, 0.1) is 6.61 Å². The third-order valence-corrected chi connectivity index (χ3v) is 3.31. The second kappa shape index (κ2) is 9.82. The lowest BCUT2D eigenvalue weighted by Gasteiger charge is -2.12. The first-order valence-corrected chi connectivity index (χ1v) is 7.32. The molecular formula is C16H27NO2. The highest BCUT2D eigenvalue weighted by Crippen LogP contribution is 2.15. The smallest absolute Gasteiger partial charge is 0.119 e. The van der Waals surface area contributed by atoms with E-state index in [4.69, 9.17) is 15.6 Å². The van der Waals surface area contributed by atoms with Crippen LogP contribution in [0.3, 0.4) is 0 Å². The predicted molar refractivity (Wildman–Crippen MR) is 79.4 cm³/mol. The van der Waals surface area contributed by atoms with E-state index >= 15 is 0 Å². The Hall–Kier alpha value is -1.06. The van der Waals surface area contributed by atoms with Gasteiger partial charge in [-0.25, -0.2) is 0 Å². The van der Waals surface area contributed by atoms with Gasteiger partial charge in [0.1, 0.15) is 5.75 Å². The van der Waals surface area contributed by atoms with E-state index in [1.165, 1.54) is 24.8 Å². The van der Waals surface area contributed by atoms with Crippen LogP contribution in [-0.4, -0.2) is 24.9 Å². The second-order valence-electron chi connectivity index (χ2n) is 5.04. The van der Waals surface area contributed by atoms with E-state index in [2.05, 4.69) is 19.1 Å². The van der Waals surface area contributed by atoms with E-state index in [9.17, 15) is 0 Å². The fourth-order valence-electron chi connectivity index (χ4n) is 2.00. The highest BCUT2D eigenvalue weighted by atomic mass is 16.5. The molecule has 0 radical (unpaired) electrons. The largest absolute Gasteiger partial charge is 0.494 e. The summed E-state index contributed by atoms with van der Waals surface area (Å²) in [5.74, 6) is 1.08. The molecule has 0 bridgehead atoms. The Morgan fingerprint density at radius 3 is 2.47 bits per heavy atom. The molecule has 0 fully saturated rings. The van der Waals surface area contributed by atoms with Crippen LogP contribution in [-0.2, 0) is 6.42 Å². The molecule has 0 amide bonds. The number of aliphatic hydroxyl groups excluding tert-OH is 1. The topological polar surface area (TPSA) is 55.5 Å². The van der Waals surface area contributed by atoms with Gasteiger partial charge in [-0.05, 0) is 43.0 Å². The first-order chi connectivity index (χ1) is 9.30. The number of ether oxygens (including phenoxy) is 1. The minimum atomic E-state index is 0.145. The first-order valence-electron chi connectivity index (χ1n) is 7.32. The lowest BCUT2D eigenvalue weighted by molar-refractivity contribution is 0.230. The van der Waals surface area contributed by atoms with Gasteiger partial charge in [-0.3, -0.25) is 0 Å². The third-order valence-electron chi connectivity index (χ3n) is 3.31. The summed E-state index contributed by atoms with van der Waals surface area (Å²) in [5.41, 5.74) is 6.78. The summed E-state index contributed by atoms with van der Waals surface area (Å²) in [6.45, 7) is 3.67. The number of hydrogen-bond donors (Lipinski definition) is 2. The van der Waals surface area contributed by atoms with Crippen molar-refractivity contribution in [1.82, 2.24) is 0 Å². The zero-order valence-electron chi connectivity index (χ0n) is 12.0. The van der Waals surface area contributed by atoms with E-state index in [1.807, 2.05) is 12.1 Å². The van der Waals surface area contributed by atoms with Crippen molar-refractivity contribution in [2.24, 2.45) is 11.7 Å². The molecule has 3 heteroatoms. The molecule has 108 valence electrons. The van der Waals surface area contributed by atoms with E-state index in [0.29, 0.717) is 6.54 Å². The van der Waals surface area contributed by atoms with Gasteiger partial charge in [-0.2, -0.15) is 0 Å². The van der Waals surface area contributed by atoms with E-state index in [-0.39, 0.29) is 12.5 Å². The number of hydrogen-bond acceptors (Lipinski definition) is 3. The van der Waals surface area contributed by atoms with E-state index in [1.54, 1.807) is 0 Å². The SMILES string of the molecule is CCCCCCOc1ccc(CC(CN)CO)cc1. The van der Waals surface area contributed by atoms with Crippen LogP contribution >= 0.6 is 0 Å². The highest BCUT2D eigenvalue weighted by Gasteiger charge is 2.06. The summed E-state index contributed by atoms with van der Waals surface area (Å²) < 4.78 is 5.69. The Morgan fingerprint density at radius 1 is 1.16 bits per heavy atom. The molecular weight excluding hydrogens is 238 g/mol. The van der Waals surface area contributed by atoms with Gasteiger partial charge in [0.25, 0.3) is 0 Å². The number of unbranched alkanes of at least 4 members (excludes halogenated alkanes) is 3. The molecule has 3 N–H and O–H groups in total. The number of aliphatic hydroxyl groups is 1. The molecule has 19 heavy (non-hydrogen) atoms. The standard InChI is InChI=1S/C16H27NO2/c1-2-3-4-5-10-19-16-8-6-14(7-9-16)11-15(12-17)13-18/h6-9,15,18H,2-5,10-13,17H2,1H3. The van der Waals surface area contributed by atoms with Crippen LogP contribution in [0, 0.1) is 5.92 Å². The fraction of sp³-hybridized carbons (Fsp3) is 0.625. The molecule has 0 saturated heterocycles. The number of benzene rings is 1. The molecule has 1 aromatic carbocycles. The summed E-state index contributed by atoms with van der Waals surface area (Å²) in [5, 5.41) is 9.12. The summed E-state index contributed by atoms with van der Waals surface area (Å²) in [4.78, 5) is 0. The van der Waals surface area contributed by atoms with Gasteiger partial charge in [0, 0.05) is 6.61 Å². The molecule has 1 rings (SSSR count). The average molecular weight is 265 g/mol. The maximum Gasteiger partial charge on any atom is 0.119 e. The lowest BCUT2D eigenvalue weighted by Crippen LogP contribution is -2.20. The van der Waals surface area contributed by atoms with Gasteiger partial charge in [-0.1, -0.05) is 38.3 Å². The Balaban J connectivity index is 2.30. The van der Waals surface area contributed by atoms with Crippen molar-refractivity contribution in [3.8, 4) is 5.75 Å². The maximum absolute atomic E-state index is 9.12. The first kappa shape index (κ1) is 16.0. The van der Waals surface area contributed by atoms with Gasteiger partial charge in [-0.15, -0.1) is 0 Å². The third kappa shape index (κ3) is 6.60. The molecule has 1 atom stereocenters. The van der Waals surface area contributed by atoms with Crippen LogP contribution in [0.1, 0.15) is 38.2 Å². The Labute approximate surface area is 116 Å². The summed E-state index contributed by atoms with van der Waals surface area (Å²) in [6.07, 6.45) is 5.72. The van der Waals surface area contributed by atoms with Gasteiger partial charge in [0.2, 0.25) is 0 Å².